The summed E-state index contributed by atoms with van der Waals surface area (Å²) in [6.07, 6.45) is 7.26. The molecule has 0 radical (unpaired) electrons. The van der Waals surface area contributed by atoms with Crippen molar-refractivity contribution in [2.75, 3.05) is 0 Å². The molecule has 2 N–H and O–H groups in total. The van der Waals surface area contributed by atoms with Gasteiger partial charge in [0.2, 0.25) is 11.8 Å². The molecule has 7 heteroatoms. The van der Waals surface area contributed by atoms with E-state index >= 15 is 0 Å². The molecule has 2 aromatic rings. The number of benzene rings is 2. The molecule has 0 saturated heterocycles. The van der Waals surface area contributed by atoms with Crippen LogP contribution in [0.25, 0.3) is 0 Å². The van der Waals surface area contributed by atoms with Crippen LogP contribution in [0, 0.1) is 11.8 Å². The highest BCUT2D eigenvalue weighted by atomic mass is 16.4. The lowest BCUT2D eigenvalue weighted by Crippen LogP contribution is -2.39. The van der Waals surface area contributed by atoms with Gasteiger partial charge >= 0.3 is 5.97 Å². The summed E-state index contributed by atoms with van der Waals surface area (Å²) in [5.74, 6) is -1.05. The molecular weight excluding hydrogens is 466 g/mol. The minimum absolute atomic E-state index is 0.0130. The summed E-state index contributed by atoms with van der Waals surface area (Å²) in [6, 6.07) is 17.9. The number of hydrazone groups is 1. The second kappa shape index (κ2) is 11.3. The second-order valence-electron chi connectivity index (χ2n) is 10.7. The lowest BCUT2D eigenvalue weighted by atomic mass is 9.83. The highest BCUT2D eigenvalue weighted by Gasteiger charge is 2.36. The quantitative estimate of drug-likeness (QED) is 0.540. The van der Waals surface area contributed by atoms with Gasteiger partial charge in [-0.05, 0) is 54.7 Å². The van der Waals surface area contributed by atoms with Crippen LogP contribution >= 0.6 is 0 Å². The van der Waals surface area contributed by atoms with E-state index in [9.17, 15) is 19.5 Å². The van der Waals surface area contributed by atoms with Crippen molar-refractivity contribution in [2.24, 2.45) is 16.9 Å². The smallest absolute Gasteiger partial charge is 0.306 e. The number of carboxylic acid groups (broad SMARTS) is 1. The van der Waals surface area contributed by atoms with Crippen LogP contribution in [0.15, 0.2) is 59.7 Å². The van der Waals surface area contributed by atoms with E-state index < -0.39 is 5.97 Å². The molecule has 0 spiro atoms. The average molecular weight is 502 g/mol. The van der Waals surface area contributed by atoms with Gasteiger partial charge in [0, 0.05) is 18.9 Å². The molecule has 0 aromatic heterocycles. The zero-order valence-electron chi connectivity index (χ0n) is 21.1. The van der Waals surface area contributed by atoms with Crippen molar-refractivity contribution in [3.05, 3.63) is 71.3 Å². The first kappa shape index (κ1) is 25.2. The van der Waals surface area contributed by atoms with Crippen LogP contribution < -0.4 is 5.32 Å². The molecule has 1 aliphatic heterocycles. The van der Waals surface area contributed by atoms with E-state index in [4.69, 9.17) is 0 Å². The maximum Gasteiger partial charge on any atom is 0.306 e. The van der Waals surface area contributed by atoms with Crippen LogP contribution in [0.3, 0.4) is 0 Å². The molecule has 0 bridgehead atoms. The van der Waals surface area contributed by atoms with Crippen LogP contribution in [0.5, 0.6) is 0 Å². The molecule has 1 unspecified atom stereocenters. The number of nitrogens with one attached hydrogen (secondary N) is 1. The minimum Gasteiger partial charge on any atom is -0.481 e. The molecule has 2 amide bonds. The maximum atomic E-state index is 13.4. The monoisotopic (exact) mass is 501 g/mol. The molecule has 2 fully saturated rings. The van der Waals surface area contributed by atoms with Gasteiger partial charge in [0.05, 0.1) is 24.1 Å². The maximum absolute atomic E-state index is 13.4. The van der Waals surface area contributed by atoms with Gasteiger partial charge < -0.3 is 10.4 Å². The molecule has 37 heavy (non-hydrogen) atoms. The fraction of sp³-hybridized carbons (Fsp3) is 0.467. The van der Waals surface area contributed by atoms with Gasteiger partial charge in [-0.1, -0.05) is 67.4 Å². The lowest BCUT2D eigenvalue weighted by molar-refractivity contribution is -0.141. The van der Waals surface area contributed by atoms with E-state index in [0.717, 1.165) is 48.1 Å². The van der Waals surface area contributed by atoms with Crippen molar-refractivity contribution in [3.63, 3.8) is 0 Å². The molecule has 1 heterocycles. The van der Waals surface area contributed by atoms with Gasteiger partial charge in [0.15, 0.2) is 0 Å². The lowest BCUT2D eigenvalue weighted by Gasteiger charge is -2.26. The Morgan fingerprint density at radius 1 is 0.973 bits per heavy atom. The SMILES string of the molecule is O=C(N[C@H]1CC[C@@H](C(=O)O)C1)C(c1ccc(CN2N=C(c3ccccc3)CCC2=O)cc1)C1CCCC1. The van der Waals surface area contributed by atoms with E-state index in [1.807, 2.05) is 54.6 Å². The number of nitrogens with zero attached hydrogens (tertiary/aromatic N) is 2. The van der Waals surface area contributed by atoms with Gasteiger partial charge in [-0.15, -0.1) is 0 Å². The number of rotatable bonds is 8. The Hall–Kier alpha value is -3.48. The Labute approximate surface area is 217 Å². The van der Waals surface area contributed by atoms with Crippen molar-refractivity contribution in [2.45, 2.75) is 76.3 Å². The summed E-state index contributed by atoms with van der Waals surface area (Å²) in [7, 11) is 0. The highest BCUT2D eigenvalue weighted by Crippen LogP contribution is 2.38. The number of carboxylic acids is 1. The number of hydrogen-bond acceptors (Lipinski definition) is 4. The number of hydrogen-bond donors (Lipinski definition) is 2. The molecular formula is C30H35N3O4. The van der Waals surface area contributed by atoms with Crippen LogP contribution in [-0.2, 0) is 20.9 Å². The fourth-order valence-corrected chi connectivity index (χ4v) is 6.12. The van der Waals surface area contributed by atoms with E-state index in [-0.39, 0.29) is 29.7 Å². The number of amides is 2. The Morgan fingerprint density at radius 2 is 1.70 bits per heavy atom. The Balaban J connectivity index is 1.29. The van der Waals surface area contributed by atoms with E-state index in [1.165, 1.54) is 0 Å². The molecule has 194 valence electrons. The van der Waals surface area contributed by atoms with Gasteiger partial charge in [0.1, 0.15) is 0 Å². The van der Waals surface area contributed by atoms with Crippen molar-refractivity contribution in [3.8, 4) is 0 Å². The fourth-order valence-electron chi connectivity index (χ4n) is 6.12. The summed E-state index contributed by atoms with van der Waals surface area (Å²) in [4.78, 5) is 37.4. The van der Waals surface area contributed by atoms with Crippen LogP contribution in [0.2, 0.25) is 0 Å². The van der Waals surface area contributed by atoms with Crippen LogP contribution in [-0.4, -0.2) is 39.7 Å². The molecule has 2 saturated carbocycles. The largest absolute Gasteiger partial charge is 0.481 e. The van der Waals surface area contributed by atoms with E-state index in [1.54, 1.807) is 5.01 Å². The van der Waals surface area contributed by atoms with Crippen molar-refractivity contribution >= 4 is 23.5 Å². The average Bonchev–Trinajstić information content (AvgIpc) is 3.60. The van der Waals surface area contributed by atoms with Crippen LogP contribution in [0.4, 0.5) is 0 Å². The molecule has 2 aromatic carbocycles. The first-order valence-electron chi connectivity index (χ1n) is 13.5. The standard InChI is InChI=1S/C30H35N3O4/c34-27-17-16-26(21-6-2-1-3-7-21)32-33(27)19-20-10-12-23(13-11-20)28(22-8-4-5-9-22)29(35)31-25-15-14-24(18-25)30(36)37/h1-3,6-7,10-13,22,24-25,28H,4-5,8-9,14-19H2,(H,31,35)(H,36,37)/t24-,25+,28?/m1/s1. The van der Waals surface area contributed by atoms with Crippen molar-refractivity contribution in [1.82, 2.24) is 10.3 Å². The Bertz CT molecular complexity index is 1160. The number of carbonyl (C=O) groups is 3. The van der Waals surface area contributed by atoms with Gasteiger partial charge in [-0.2, -0.15) is 5.10 Å². The molecule has 2 aliphatic carbocycles. The van der Waals surface area contributed by atoms with E-state index in [2.05, 4.69) is 10.4 Å². The predicted octanol–water partition coefficient (Wildman–Crippen LogP) is 4.86. The first-order valence-corrected chi connectivity index (χ1v) is 13.5. The van der Waals surface area contributed by atoms with Gasteiger partial charge in [-0.3, -0.25) is 14.4 Å². The Kier molecular flexibility index (Phi) is 7.68. The molecule has 5 rings (SSSR count). The number of aliphatic carboxylic acids is 1. The molecule has 7 nitrogen and oxygen atoms in total. The summed E-state index contributed by atoms with van der Waals surface area (Å²) < 4.78 is 0. The second-order valence-corrected chi connectivity index (χ2v) is 10.7. The van der Waals surface area contributed by atoms with Crippen molar-refractivity contribution in [1.29, 1.82) is 0 Å². The third-order valence-corrected chi connectivity index (χ3v) is 8.17. The Morgan fingerprint density at radius 3 is 2.38 bits per heavy atom. The first-order chi connectivity index (χ1) is 18.0. The predicted molar refractivity (Wildman–Crippen MR) is 141 cm³/mol. The third-order valence-electron chi connectivity index (χ3n) is 8.17. The highest BCUT2D eigenvalue weighted by molar-refractivity contribution is 6.04. The van der Waals surface area contributed by atoms with Gasteiger partial charge in [-0.25, -0.2) is 5.01 Å². The normalized spacial score (nSPS) is 23.1. The summed E-state index contributed by atoms with van der Waals surface area (Å²) in [6.45, 7) is 0.397. The number of carbonyl (C=O) groups excluding carboxylic acids is 2. The van der Waals surface area contributed by atoms with E-state index in [0.29, 0.717) is 44.6 Å². The summed E-state index contributed by atoms with van der Waals surface area (Å²) >= 11 is 0. The topological polar surface area (TPSA) is 99.1 Å². The molecule has 3 atom stereocenters. The third kappa shape index (κ3) is 5.92. The van der Waals surface area contributed by atoms with Crippen molar-refractivity contribution < 1.29 is 19.5 Å². The van der Waals surface area contributed by atoms with Gasteiger partial charge in [0.25, 0.3) is 0 Å². The summed E-state index contributed by atoms with van der Waals surface area (Å²) in [5, 5.41) is 18.7. The zero-order valence-corrected chi connectivity index (χ0v) is 21.1. The summed E-state index contributed by atoms with van der Waals surface area (Å²) in [5.41, 5.74) is 3.92. The minimum atomic E-state index is -0.771. The van der Waals surface area contributed by atoms with Crippen LogP contribution in [0.1, 0.15) is 80.4 Å². The zero-order chi connectivity index (χ0) is 25.8. The molecule has 3 aliphatic rings.